The van der Waals surface area contributed by atoms with Gasteiger partial charge >= 0.3 is 0 Å². The molecule has 0 saturated heterocycles. The van der Waals surface area contributed by atoms with Crippen LogP contribution in [0.5, 0.6) is 11.5 Å². The standard InChI is InChI=1S/C23H22N4O3/c1-4-27-21(26-18-9-6-12-24-22(18)27)15-7-5-8-16(13-15)23(28)25-17-10-11-19(29-2)20(14-17)30-3/h5-14H,4H2,1-3H3,(H,25,28). The fourth-order valence-corrected chi connectivity index (χ4v) is 3.40. The zero-order valence-electron chi connectivity index (χ0n) is 17.0. The molecule has 0 unspecified atom stereocenters. The van der Waals surface area contributed by atoms with Crippen molar-refractivity contribution < 1.29 is 14.3 Å². The van der Waals surface area contributed by atoms with E-state index in [1.807, 2.05) is 41.8 Å². The number of fused-ring (bicyclic) bond motifs is 1. The number of carbonyl (C=O) groups is 1. The number of methoxy groups -OCH3 is 2. The van der Waals surface area contributed by atoms with Gasteiger partial charge in [0.05, 0.1) is 14.2 Å². The number of ether oxygens (including phenoxy) is 2. The number of hydrogen-bond acceptors (Lipinski definition) is 5. The Morgan fingerprint density at radius 1 is 1.03 bits per heavy atom. The molecule has 7 nitrogen and oxygen atoms in total. The number of pyridine rings is 1. The third-order valence-electron chi connectivity index (χ3n) is 4.84. The molecule has 1 N–H and O–H groups in total. The smallest absolute Gasteiger partial charge is 0.255 e. The first-order valence-electron chi connectivity index (χ1n) is 9.59. The number of nitrogens with zero attached hydrogens (tertiary/aromatic N) is 3. The number of nitrogens with one attached hydrogen (secondary N) is 1. The maximum Gasteiger partial charge on any atom is 0.255 e. The van der Waals surface area contributed by atoms with Crippen LogP contribution in [0.15, 0.2) is 60.8 Å². The van der Waals surface area contributed by atoms with Gasteiger partial charge in [0.2, 0.25) is 0 Å². The number of aryl methyl sites for hydroxylation is 1. The van der Waals surface area contributed by atoms with Gasteiger partial charge < -0.3 is 19.4 Å². The molecule has 4 rings (SSSR count). The highest BCUT2D eigenvalue weighted by molar-refractivity contribution is 6.05. The van der Waals surface area contributed by atoms with Crippen LogP contribution in [0, 0.1) is 0 Å². The van der Waals surface area contributed by atoms with Crippen molar-refractivity contribution in [1.82, 2.24) is 14.5 Å². The maximum atomic E-state index is 12.9. The van der Waals surface area contributed by atoms with E-state index in [1.54, 1.807) is 44.7 Å². The minimum absolute atomic E-state index is 0.221. The normalized spacial score (nSPS) is 10.8. The Kier molecular flexibility index (Phi) is 5.34. The molecule has 2 aromatic carbocycles. The van der Waals surface area contributed by atoms with Gasteiger partial charge in [-0.3, -0.25) is 4.79 Å². The lowest BCUT2D eigenvalue weighted by Gasteiger charge is -2.11. The van der Waals surface area contributed by atoms with Crippen molar-refractivity contribution in [1.29, 1.82) is 0 Å². The highest BCUT2D eigenvalue weighted by atomic mass is 16.5. The molecule has 4 aromatic rings. The molecular formula is C23H22N4O3. The van der Waals surface area contributed by atoms with Crippen LogP contribution in [-0.2, 0) is 6.54 Å². The predicted octanol–water partition coefficient (Wildman–Crippen LogP) is 4.39. The second-order valence-corrected chi connectivity index (χ2v) is 6.63. The van der Waals surface area contributed by atoms with Gasteiger partial charge in [0.15, 0.2) is 17.1 Å². The zero-order chi connectivity index (χ0) is 21.1. The Morgan fingerprint density at radius 3 is 2.63 bits per heavy atom. The molecule has 0 bridgehead atoms. The van der Waals surface area contributed by atoms with E-state index in [-0.39, 0.29) is 5.91 Å². The van der Waals surface area contributed by atoms with Crippen molar-refractivity contribution in [3.8, 4) is 22.9 Å². The summed E-state index contributed by atoms with van der Waals surface area (Å²) in [5.74, 6) is 1.71. The van der Waals surface area contributed by atoms with Crippen molar-refractivity contribution in [2.24, 2.45) is 0 Å². The van der Waals surface area contributed by atoms with E-state index in [4.69, 9.17) is 14.5 Å². The Labute approximate surface area is 174 Å². The van der Waals surface area contributed by atoms with Crippen LogP contribution in [0.4, 0.5) is 5.69 Å². The fraction of sp³-hybridized carbons (Fsp3) is 0.174. The molecule has 0 radical (unpaired) electrons. The molecule has 2 aromatic heterocycles. The van der Waals surface area contributed by atoms with Crippen LogP contribution in [0.1, 0.15) is 17.3 Å². The van der Waals surface area contributed by atoms with Crippen molar-refractivity contribution in [3.63, 3.8) is 0 Å². The van der Waals surface area contributed by atoms with Gasteiger partial charge in [-0.15, -0.1) is 0 Å². The second kappa shape index (κ2) is 8.24. The molecule has 0 aliphatic carbocycles. The molecule has 152 valence electrons. The van der Waals surface area contributed by atoms with E-state index in [1.165, 1.54) is 0 Å². The topological polar surface area (TPSA) is 78.3 Å². The summed E-state index contributed by atoms with van der Waals surface area (Å²) < 4.78 is 12.6. The van der Waals surface area contributed by atoms with E-state index in [9.17, 15) is 4.79 Å². The van der Waals surface area contributed by atoms with E-state index < -0.39 is 0 Å². The Morgan fingerprint density at radius 2 is 1.87 bits per heavy atom. The average molecular weight is 402 g/mol. The molecule has 0 aliphatic rings. The minimum Gasteiger partial charge on any atom is -0.493 e. The lowest BCUT2D eigenvalue weighted by molar-refractivity contribution is 0.102. The summed E-state index contributed by atoms with van der Waals surface area (Å²) in [4.78, 5) is 22.0. The van der Waals surface area contributed by atoms with E-state index in [2.05, 4.69) is 10.3 Å². The Bertz CT molecular complexity index is 1220. The third-order valence-corrected chi connectivity index (χ3v) is 4.84. The third kappa shape index (κ3) is 3.57. The first-order chi connectivity index (χ1) is 14.6. The van der Waals surface area contributed by atoms with Crippen LogP contribution >= 0.6 is 0 Å². The number of aromatic nitrogens is 3. The summed E-state index contributed by atoms with van der Waals surface area (Å²) in [5, 5.41) is 2.90. The molecule has 7 heteroatoms. The van der Waals surface area contributed by atoms with Gasteiger partial charge in [-0.2, -0.15) is 0 Å². The molecule has 30 heavy (non-hydrogen) atoms. The van der Waals surface area contributed by atoms with Gasteiger partial charge in [-0.25, -0.2) is 9.97 Å². The minimum atomic E-state index is -0.221. The van der Waals surface area contributed by atoms with Crippen LogP contribution in [0.2, 0.25) is 0 Å². The number of carbonyl (C=O) groups excluding carboxylic acids is 1. The molecule has 0 spiro atoms. The molecule has 0 aliphatic heterocycles. The van der Waals surface area contributed by atoms with E-state index >= 15 is 0 Å². The summed E-state index contributed by atoms with van der Waals surface area (Å²) in [6.45, 7) is 2.78. The first-order valence-corrected chi connectivity index (χ1v) is 9.59. The van der Waals surface area contributed by atoms with Crippen molar-refractivity contribution in [3.05, 3.63) is 66.4 Å². The van der Waals surface area contributed by atoms with Crippen molar-refractivity contribution in [2.75, 3.05) is 19.5 Å². The summed E-state index contributed by atoms with van der Waals surface area (Å²) >= 11 is 0. The van der Waals surface area contributed by atoms with Crippen molar-refractivity contribution >= 4 is 22.8 Å². The maximum absolute atomic E-state index is 12.9. The zero-order valence-corrected chi connectivity index (χ0v) is 17.0. The first kappa shape index (κ1) is 19.4. The number of anilines is 1. The van der Waals surface area contributed by atoms with Gasteiger partial charge in [0.1, 0.15) is 11.3 Å². The van der Waals surface area contributed by atoms with Crippen LogP contribution in [-0.4, -0.2) is 34.7 Å². The van der Waals surface area contributed by atoms with Gasteiger partial charge in [0, 0.05) is 35.6 Å². The number of hydrogen-bond donors (Lipinski definition) is 1. The summed E-state index contributed by atoms with van der Waals surface area (Å²) in [6.07, 6.45) is 1.76. The summed E-state index contributed by atoms with van der Waals surface area (Å²) in [6, 6.07) is 16.5. The predicted molar refractivity (Wildman–Crippen MR) is 116 cm³/mol. The SMILES string of the molecule is CCn1c(-c2cccc(C(=O)Nc3ccc(OC)c(OC)c3)c2)nc2cccnc21. The molecular weight excluding hydrogens is 380 g/mol. The number of imidazole rings is 1. The Hall–Kier alpha value is -3.87. The van der Waals surface area contributed by atoms with E-state index in [0.29, 0.717) is 22.7 Å². The highest BCUT2D eigenvalue weighted by Gasteiger charge is 2.15. The molecule has 1 amide bonds. The van der Waals surface area contributed by atoms with Gasteiger partial charge in [0.25, 0.3) is 5.91 Å². The fourth-order valence-electron chi connectivity index (χ4n) is 3.40. The monoisotopic (exact) mass is 402 g/mol. The molecule has 0 saturated carbocycles. The quantitative estimate of drug-likeness (QED) is 0.518. The van der Waals surface area contributed by atoms with Crippen LogP contribution in [0.3, 0.4) is 0 Å². The van der Waals surface area contributed by atoms with Gasteiger partial charge in [-0.05, 0) is 43.3 Å². The van der Waals surface area contributed by atoms with E-state index in [0.717, 1.165) is 29.1 Å². The number of rotatable bonds is 6. The molecule has 0 fully saturated rings. The van der Waals surface area contributed by atoms with Crippen LogP contribution < -0.4 is 14.8 Å². The van der Waals surface area contributed by atoms with Crippen molar-refractivity contribution in [2.45, 2.75) is 13.5 Å². The lowest BCUT2D eigenvalue weighted by atomic mass is 10.1. The Balaban J connectivity index is 1.65. The number of amides is 1. The average Bonchev–Trinajstić information content (AvgIpc) is 3.17. The largest absolute Gasteiger partial charge is 0.493 e. The second-order valence-electron chi connectivity index (χ2n) is 6.63. The number of benzene rings is 2. The lowest BCUT2D eigenvalue weighted by Crippen LogP contribution is -2.12. The highest BCUT2D eigenvalue weighted by Crippen LogP contribution is 2.30. The van der Waals surface area contributed by atoms with Crippen LogP contribution in [0.25, 0.3) is 22.6 Å². The summed E-state index contributed by atoms with van der Waals surface area (Å²) in [5.41, 5.74) is 3.66. The summed E-state index contributed by atoms with van der Waals surface area (Å²) in [7, 11) is 3.13. The van der Waals surface area contributed by atoms with Gasteiger partial charge in [-0.1, -0.05) is 12.1 Å². The molecule has 0 atom stereocenters. The molecule has 2 heterocycles.